The second kappa shape index (κ2) is 7.54. The normalized spacial score (nSPS) is 23.3. The lowest BCUT2D eigenvalue weighted by molar-refractivity contribution is 0.280. The molecule has 2 atom stereocenters. The van der Waals surface area contributed by atoms with Gasteiger partial charge in [0.15, 0.2) is 0 Å². The van der Waals surface area contributed by atoms with Crippen LogP contribution in [0, 0.1) is 5.92 Å². The van der Waals surface area contributed by atoms with Crippen molar-refractivity contribution < 1.29 is 4.74 Å². The van der Waals surface area contributed by atoms with Crippen LogP contribution < -0.4 is 10.1 Å². The zero-order chi connectivity index (χ0) is 13.5. The minimum Gasteiger partial charge on any atom is -0.496 e. The van der Waals surface area contributed by atoms with E-state index in [0.29, 0.717) is 0 Å². The molecule has 1 aliphatic rings. The van der Waals surface area contributed by atoms with E-state index in [2.05, 4.69) is 24.4 Å². The Morgan fingerprint density at radius 1 is 1.26 bits per heavy atom. The molecule has 1 aromatic rings. The van der Waals surface area contributed by atoms with Gasteiger partial charge in [0.05, 0.1) is 7.11 Å². The zero-order valence-corrected chi connectivity index (χ0v) is 12.3. The topological polar surface area (TPSA) is 21.3 Å². The van der Waals surface area contributed by atoms with Gasteiger partial charge >= 0.3 is 0 Å². The molecular weight excluding hydrogens is 234 g/mol. The van der Waals surface area contributed by atoms with E-state index >= 15 is 0 Å². The van der Waals surface area contributed by atoms with Crippen LogP contribution in [0.2, 0.25) is 0 Å². The van der Waals surface area contributed by atoms with Crippen LogP contribution in [0.3, 0.4) is 0 Å². The molecule has 2 nitrogen and oxygen atoms in total. The summed E-state index contributed by atoms with van der Waals surface area (Å²) >= 11 is 0. The number of methoxy groups -OCH3 is 1. The first-order chi connectivity index (χ1) is 9.33. The van der Waals surface area contributed by atoms with E-state index in [-0.39, 0.29) is 0 Å². The lowest BCUT2D eigenvalue weighted by atomic mass is 9.84. The van der Waals surface area contributed by atoms with Crippen molar-refractivity contribution in [3.8, 4) is 5.75 Å². The predicted octanol–water partition coefficient (Wildman–Crippen LogP) is 3.80. The molecule has 0 aromatic heterocycles. The summed E-state index contributed by atoms with van der Waals surface area (Å²) in [5.41, 5.74) is 1.31. The SMILES string of the molecule is CCC1CCCC(NCCc2ccccc2OC)C1. The number of ether oxygens (including phenoxy) is 1. The fourth-order valence-corrected chi connectivity index (χ4v) is 3.17. The van der Waals surface area contributed by atoms with Crippen molar-refractivity contribution in [1.82, 2.24) is 5.32 Å². The monoisotopic (exact) mass is 261 g/mol. The van der Waals surface area contributed by atoms with Gasteiger partial charge in [-0.1, -0.05) is 44.4 Å². The third-order valence-electron chi connectivity index (χ3n) is 4.38. The molecule has 2 heteroatoms. The third-order valence-corrected chi connectivity index (χ3v) is 4.38. The van der Waals surface area contributed by atoms with Gasteiger partial charge < -0.3 is 10.1 Å². The quantitative estimate of drug-likeness (QED) is 0.841. The average molecular weight is 261 g/mol. The van der Waals surface area contributed by atoms with E-state index in [1.807, 2.05) is 12.1 Å². The lowest BCUT2D eigenvalue weighted by Crippen LogP contribution is -2.35. The predicted molar refractivity (Wildman–Crippen MR) is 80.7 cm³/mol. The molecule has 1 fully saturated rings. The van der Waals surface area contributed by atoms with Crippen molar-refractivity contribution in [2.45, 2.75) is 51.5 Å². The molecule has 2 unspecified atom stereocenters. The Morgan fingerprint density at radius 2 is 2.11 bits per heavy atom. The Bertz CT molecular complexity index is 377. The van der Waals surface area contributed by atoms with Crippen LogP contribution in [0.4, 0.5) is 0 Å². The first-order valence-electron chi connectivity index (χ1n) is 7.68. The van der Waals surface area contributed by atoms with Crippen LogP contribution in [0.15, 0.2) is 24.3 Å². The minimum absolute atomic E-state index is 0.730. The van der Waals surface area contributed by atoms with Crippen molar-refractivity contribution in [3.63, 3.8) is 0 Å². The maximum absolute atomic E-state index is 5.39. The first-order valence-corrected chi connectivity index (χ1v) is 7.68. The molecule has 0 aliphatic heterocycles. The van der Waals surface area contributed by atoms with Gasteiger partial charge in [0.2, 0.25) is 0 Å². The summed E-state index contributed by atoms with van der Waals surface area (Å²) in [5, 5.41) is 3.73. The van der Waals surface area contributed by atoms with Crippen molar-refractivity contribution >= 4 is 0 Å². The molecule has 1 aromatic carbocycles. The molecule has 19 heavy (non-hydrogen) atoms. The van der Waals surface area contributed by atoms with Crippen LogP contribution in [0.1, 0.15) is 44.6 Å². The summed E-state index contributed by atoms with van der Waals surface area (Å²) in [6, 6.07) is 9.06. The van der Waals surface area contributed by atoms with E-state index in [0.717, 1.165) is 30.7 Å². The highest BCUT2D eigenvalue weighted by molar-refractivity contribution is 5.33. The van der Waals surface area contributed by atoms with E-state index in [1.54, 1.807) is 7.11 Å². The van der Waals surface area contributed by atoms with Gasteiger partial charge in [0.1, 0.15) is 5.75 Å². The van der Waals surface area contributed by atoms with E-state index < -0.39 is 0 Å². The van der Waals surface area contributed by atoms with Crippen molar-refractivity contribution in [1.29, 1.82) is 0 Å². The molecule has 0 bridgehead atoms. The molecule has 0 spiro atoms. The third kappa shape index (κ3) is 4.24. The second-order valence-corrected chi connectivity index (χ2v) is 5.65. The molecule has 1 N–H and O–H groups in total. The molecule has 106 valence electrons. The average Bonchev–Trinajstić information content (AvgIpc) is 2.48. The number of rotatable bonds is 6. The summed E-state index contributed by atoms with van der Waals surface area (Å²) < 4.78 is 5.39. The van der Waals surface area contributed by atoms with Crippen molar-refractivity contribution in [2.24, 2.45) is 5.92 Å². The molecular formula is C17H27NO. The molecule has 0 radical (unpaired) electrons. The highest BCUT2D eigenvalue weighted by Crippen LogP contribution is 2.26. The minimum atomic E-state index is 0.730. The zero-order valence-electron chi connectivity index (χ0n) is 12.3. The first kappa shape index (κ1) is 14.4. The highest BCUT2D eigenvalue weighted by Gasteiger charge is 2.19. The van der Waals surface area contributed by atoms with Gasteiger partial charge in [-0.2, -0.15) is 0 Å². The van der Waals surface area contributed by atoms with Gasteiger partial charge in [-0.05, 0) is 43.4 Å². The molecule has 2 rings (SSSR count). The standard InChI is InChI=1S/C17H27NO/c1-3-14-7-6-9-16(13-14)18-12-11-15-8-4-5-10-17(15)19-2/h4-5,8,10,14,16,18H,3,6-7,9,11-13H2,1-2H3. The van der Waals surface area contributed by atoms with Crippen LogP contribution in [-0.2, 0) is 6.42 Å². The number of hydrogen-bond acceptors (Lipinski definition) is 2. The van der Waals surface area contributed by atoms with Gasteiger partial charge in [-0.15, -0.1) is 0 Å². The maximum atomic E-state index is 5.39. The number of benzene rings is 1. The molecule has 0 heterocycles. The van der Waals surface area contributed by atoms with E-state index in [9.17, 15) is 0 Å². The summed E-state index contributed by atoms with van der Waals surface area (Å²) in [6.07, 6.45) is 7.93. The number of hydrogen-bond donors (Lipinski definition) is 1. The lowest BCUT2D eigenvalue weighted by Gasteiger charge is -2.29. The van der Waals surface area contributed by atoms with Crippen LogP contribution in [0.5, 0.6) is 5.75 Å². The molecule has 1 saturated carbocycles. The van der Waals surface area contributed by atoms with Gasteiger partial charge in [0, 0.05) is 6.04 Å². The Labute approximate surface area is 117 Å². The van der Waals surface area contributed by atoms with Gasteiger partial charge in [-0.3, -0.25) is 0 Å². The summed E-state index contributed by atoms with van der Waals surface area (Å²) in [4.78, 5) is 0. The summed E-state index contributed by atoms with van der Waals surface area (Å²) in [7, 11) is 1.75. The molecule has 0 amide bonds. The maximum Gasteiger partial charge on any atom is 0.122 e. The van der Waals surface area contributed by atoms with Crippen LogP contribution >= 0.6 is 0 Å². The van der Waals surface area contributed by atoms with E-state index in [4.69, 9.17) is 4.74 Å². The summed E-state index contributed by atoms with van der Waals surface area (Å²) in [5.74, 6) is 1.96. The Morgan fingerprint density at radius 3 is 2.89 bits per heavy atom. The molecule has 1 aliphatic carbocycles. The number of para-hydroxylation sites is 1. The second-order valence-electron chi connectivity index (χ2n) is 5.65. The fourth-order valence-electron chi connectivity index (χ4n) is 3.17. The fraction of sp³-hybridized carbons (Fsp3) is 0.647. The van der Waals surface area contributed by atoms with Gasteiger partial charge in [0.25, 0.3) is 0 Å². The summed E-state index contributed by atoms with van der Waals surface area (Å²) in [6.45, 7) is 3.38. The van der Waals surface area contributed by atoms with Crippen molar-refractivity contribution in [2.75, 3.05) is 13.7 Å². The van der Waals surface area contributed by atoms with Crippen LogP contribution in [0.25, 0.3) is 0 Å². The Kier molecular flexibility index (Phi) is 5.71. The Hall–Kier alpha value is -1.02. The smallest absolute Gasteiger partial charge is 0.122 e. The van der Waals surface area contributed by atoms with Gasteiger partial charge in [-0.25, -0.2) is 0 Å². The molecule has 0 saturated heterocycles. The highest BCUT2D eigenvalue weighted by atomic mass is 16.5. The van der Waals surface area contributed by atoms with Crippen LogP contribution in [-0.4, -0.2) is 19.7 Å². The van der Waals surface area contributed by atoms with E-state index in [1.165, 1.54) is 37.7 Å². The number of nitrogens with one attached hydrogen (secondary N) is 1. The largest absolute Gasteiger partial charge is 0.496 e. The Balaban J connectivity index is 1.77. The van der Waals surface area contributed by atoms with Crippen molar-refractivity contribution in [3.05, 3.63) is 29.8 Å².